The van der Waals surface area contributed by atoms with E-state index >= 15 is 0 Å². The van der Waals surface area contributed by atoms with Gasteiger partial charge in [-0.1, -0.05) is 0 Å². The standard InChI is InChI=1S/C23H18F7N7O3/c24-15-4-14-16(5-13(15)19-31-6-11(7-32-19)22(25,26)27)33-10-37(21(14)40)3-1-2-12(9-38)35-17-8-34-36-20(39)18(17)23(28,29)30/h4-8,10,12,38H,1-3,9H2,(H2,35,36,39)/t12-/m1/s1. The molecule has 1 atom stereocenters. The van der Waals surface area contributed by atoms with Crippen LogP contribution in [-0.4, -0.2) is 47.5 Å². The van der Waals surface area contributed by atoms with Gasteiger partial charge in [0.15, 0.2) is 5.82 Å². The van der Waals surface area contributed by atoms with Crippen molar-refractivity contribution in [3.63, 3.8) is 0 Å². The van der Waals surface area contributed by atoms with Gasteiger partial charge in [-0.3, -0.25) is 14.2 Å². The third kappa shape index (κ3) is 6.08. The van der Waals surface area contributed by atoms with E-state index in [0.29, 0.717) is 12.4 Å². The van der Waals surface area contributed by atoms with Gasteiger partial charge >= 0.3 is 12.4 Å². The molecule has 0 bridgehead atoms. The van der Waals surface area contributed by atoms with E-state index in [4.69, 9.17) is 0 Å². The lowest BCUT2D eigenvalue weighted by atomic mass is 10.1. The van der Waals surface area contributed by atoms with Crippen molar-refractivity contribution in [2.24, 2.45) is 0 Å². The Hall–Kier alpha value is -4.41. The number of benzene rings is 1. The van der Waals surface area contributed by atoms with E-state index in [0.717, 1.165) is 29.2 Å². The molecule has 3 N–H and O–H groups in total. The topological polar surface area (TPSA) is 139 Å². The number of nitrogens with one attached hydrogen (secondary N) is 2. The number of aromatic nitrogens is 6. The van der Waals surface area contributed by atoms with Gasteiger partial charge in [0.2, 0.25) is 0 Å². The number of aliphatic hydroxyl groups excluding tert-OH is 1. The summed E-state index contributed by atoms with van der Waals surface area (Å²) in [6.45, 7) is -0.611. The van der Waals surface area contributed by atoms with Crippen molar-refractivity contribution in [1.82, 2.24) is 29.7 Å². The molecule has 0 unspecified atom stereocenters. The van der Waals surface area contributed by atoms with Crippen molar-refractivity contribution in [2.75, 3.05) is 11.9 Å². The van der Waals surface area contributed by atoms with Crippen LogP contribution in [0, 0.1) is 5.82 Å². The minimum absolute atomic E-state index is 0.00884. The summed E-state index contributed by atoms with van der Waals surface area (Å²) in [5, 5.41) is 16.9. The Kier molecular flexibility index (Phi) is 7.86. The van der Waals surface area contributed by atoms with Crippen molar-refractivity contribution < 1.29 is 35.8 Å². The number of fused-ring (bicyclic) bond motifs is 1. The van der Waals surface area contributed by atoms with Crippen LogP contribution in [0.5, 0.6) is 0 Å². The highest BCUT2D eigenvalue weighted by Crippen LogP contribution is 2.32. The van der Waals surface area contributed by atoms with Crippen LogP contribution in [0.25, 0.3) is 22.3 Å². The Bertz CT molecular complexity index is 1630. The van der Waals surface area contributed by atoms with Crippen LogP contribution >= 0.6 is 0 Å². The van der Waals surface area contributed by atoms with Gasteiger partial charge in [0.1, 0.15) is 11.4 Å². The van der Waals surface area contributed by atoms with Gasteiger partial charge in [-0.15, -0.1) is 0 Å². The molecule has 0 saturated heterocycles. The SMILES string of the molecule is O=c1[nH]ncc(N[C@@H](CO)CCCn2cnc3cc(-c4ncc(C(F)(F)F)cn4)c(F)cc3c2=O)c1C(F)(F)F. The quantitative estimate of drug-likeness (QED) is 0.273. The third-order valence-electron chi connectivity index (χ3n) is 5.80. The minimum atomic E-state index is -4.98. The fraction of sp³-hybridized carbons (Fsp3) is 0.304. The second-order valence-corrected chi connectivity index (χ2v) is 8.54. The van der Waals surface area contributed by atoms with E-state index in [2.05, 4.69) is 25.4 Å². The summed E-state index contributed by atoms with van der Waals surface area (Å²) in [5.41, 5.74) is -5.60. The zero-order chi connectivity index (χ0) is 29.2. The first-order valence-corrected chi connectivity index (χ1v) is 11.4. The highest BCUT2D eigenvalue weighted by Gasteiger charge is 2.37. The third-order valence-corrected chi connectivity index (χ3v) is 5.80. The van der Waals surface area contributed by atoms with Crippen LogP contribution in [0.3, 0.4) is 0 Å². The van der Waals surface area contributed by atoms with Crippen LogP contribution in [0.2, 0.25) is 0 Å². The predicted octanol–water partition coefficient (Wildman–Crippen LogP) is 3.37. The van der Waals surface area contributed by atoms with Crippen molar-refractivity contribution in [2.45, 2.75) is 37.8 Å². The van der Waals surface area contributed by atoms with Gasteiger partial charge in [0.25, 0.3) is 11.1 Å². The normalized spacial score (nSPS) is 13.0. The molecule has 0 amide bonds. The van der Waals surface area contributed by atoms with Crippen molar-refractivity contribution in [3.05, 3.63) is 74.7 Å². The van der Waals surface area contributed by atoms with E-state index in [1.807, 2.05) is 0 Å². The molecule has 0 saturated carbocycles. The monoisotopic (exact) mass is 573 g/mol. The molecule has 212 valence electrons. The molecule has 4 aromatic rings. The average Bonchev–Trinajstić information content (AvgIpc) is 2.88. The van der Waals surface area contributed by atoms with Gasteiger partial charge in [-0.05, 0) is 25.0 Å². The van der Waals surface area contributed by atoms with Gasteiger partial charge in [-0.25, -0.2) is 24.4 Å². The van der Waals surface area contributed by atoms with Crippen molar-refractivity contribution >= 4 is 16.6 Å². The second kappa shape index (κ2) is 11.0. The van der Waals surface area contributed by atoms with Crippen LogP contribution in [0.15, 0.2) is 46.6 Å². The molecule has 0 radical (unpaired) electrons. The van der Waals surface area contributed by atoms with Gasteiger partial charge < -0.3 is 10.4 Å². The van der Waals surface area contributed by atoms with Crippen molar-refractivity contribution in [1.29, 1.82) is 0 Å². The van der Waals surface area contributed by atoms with Crippen LogP contribution in [-0.2, 0) is 18.9 Å². The number of hydrogen-bond donors (Lipinski definition) is 3. The van der Waals surface area contributed by atoms with Gasteiger partial charge in [-0.2, -0.15) is 31.4 Å². The molecule has 1 aromatic carbocycles. The molecule has 3 heterocycles. The van der Waals surface area contributed by atoms with E-state index in [-0.39, 0.29) is 41.7 Å². The van der Waals surface area contributed by atoms with E-state index in [9.17, 15) is 45.4 Å². The van der Waals surface area contributed by atoms with Crippen molar-refractivity contribution in [3.8, 4) is 11.4 Å². The summed E-state index contributed by atoms with van der Waals surface area (Å²) in [5.74, 6) is -1.31. The first-order valence-electron chi connectivity index (χ1n) is 11.4. The molecule has 4 rings (SSSR count). The Morgan fingerprint density at radius 3 is 2.33 bits per heavy atom. The Morgan fingerprint density at radius 1 is 1.00 bits per heavy atom. The zero-order valence-electron chi connectivity index (χ0n) is 20.0. The number of alkyl halides is 6. The number of aromatic amines is 1. The fourth-order valence-corrected chi connectivity index (χ4v) is 3.85. The summed E-state index contributed by atoms with van der Waals surface area (Å²) in [6, 6.07) is 1.05. The number of nitrogens with zero attached hydrogens (tertiary/aromatic N) is 5. The molecular weight excluding hydrogens is 555 g/mol. The molecule has 17 heteroatoms. The largest absolute Gasteiger partial charge is 0.423 e. The molecule has 40 heavy (non-hydrogen) atoms. The highest BCUT2D eigenvalue weighted by molar-refractivity contribution is 5.82. The number of rotatable bonds is 8. The number of aliphatic hydroxyl groups is 1. The van der Waals surface area contributed by atoms with E-state index in [1.165, 1.54) is 0 Å². The minimum Gasteiger partial charge on any atom is -0.394 e. The highest BCUT2D eigenvalue weighted by atomic mass is 19.4. The van der Waals surface area contributed by atoms with E-state index in [1.54, 1.807) is 5.10 Å². The average molecular weight is 573 g/mol. The lowest BCUT2D eigenvalue weighted by Crippen LogP contribution is -2.30. The summed E-state index contributed by atoms with van der Waals surface area (Å²) in [4.78, 5) is 35.7. The molecule has 0 aliphatic carbocycles. The Balaban J connectivity index is 1.49. The fourth-order valence-electron chi connectivity index (χ4n) is 3.85. The van der Waals surface area contributed by atoms with Crippen LogP contribution in [0.1, 0.15) is 24.0 Å². The molecule has 0 aliphatic heterocycles. The van der Waals surface area contributed by atoms with Gasteiger partial charge in [0.05, 0.1) is 46.8 Å². The smallest absolute Gasteiger partial charge is 0.394 e. The molecule has 10 nitrogen and oxygen atoms in total. The summed E-state index contributed by atoms with van der Waals surface area (Å²) in [6.07, 6.45) is -6.52. The predicted molar refractivity (Wildman–Crippen MR) is 126 cm³/mol. The van der Waals surface area contributed by atoms with E-state index < -0.39 is 58.8 Å². The first kappa shape index (κ1) is 28.6. The molecule has 0 fully saturated rings. The maximum atomic E-state index is 14.8. The number of H-pyrrole nitrogens is 1. The summed E-state index contributed by atoms with van der Waals surface area (Å²) in [7, 11) is 0. The van der Waals surface area contributed by atoms with Crippen LogP contribution < -0.4 is 16.4 Å². The maximum absolute atomic E-state index is 14.8. The number of halogens is 7. The lowest BCUT2D eigenvalue weighted by molar-refractivity contribution is -0.139. The molecule has 0 aliphatic rings. The summed E-state index contributed by atoms with van der Waals surface area (Å²) < 4.78 is 93.9. The molecular formula is C23H18F7N7O3. The Morgan fingerprint density at radius 2 is 1.70 bits per heavy atom. The number of anilines is 1. The first-order chi connectivity index (χ1) is 18.8. The van der Waals surface area contributed by atoms with Gasteiger partial charge in [0, 0.05) is 25.0 Å². The second-order valence-electron chi connectivity index (χ2n) is 8.54. The number of hydrogen-bond acceptors (Lipinski definition) is 8. The maximum Gasteiger partial charge on any atom is 0.423 e. The Labute approximate surface area is 218 Å². The number of aryl methyl sites for hydroxylation is 1. The zero-order valence-corrected chi connectivity index (χ0v) is 20.0. The van der Waals surface area contributed by atoms with Crippen LogP contribution in [0.4, 0.5) is 36.4 Å². The lowest BCUT2D eigenvalue weighted by Gasteiger charge is -2.20. The summed E-state index contributed by atoms with van der Waals surface area (Å²) >= 11 is 0. The molecule has 0 spiro atoms. The molecule has 3 aromatic heterocycles.